The molecule has 3 aromatic heterocycles. The number of hydrogen-bond acceptors (Lipinski definition) is 9. The zero-order chi connectivity index (χ0) is 25.3. The number of ether oxygens (including phenoxy) is 1. The van der Waals surface area contributed by atoms with Crippen LogP contribution < -0.4 is 5.14 Å². The Morgan fingerprint density at radius 3 is 3.08 bits per heavy atom. The highest BCUT2D eigenvalue weighted by atomic mass is 32.2. The van der Waals surface area contributed by atoms with Gasteiger partial charge in [0, 0.05) is 28.5 Å². The molecule has 1 fully saturated rings. The summed E-state index contributed by atoms with van der Waals surface area (Å²) in [5.41, 5.74) is 4.29. The van der Waals surface area contributed by atoms with Crippen molar-refractivity contribution in [3.05, 3.63) is 69.1 Å². The Morgan fingerprint density at radius 1 is 1.39 bits per heavy atom. The Bertz CT molecular complexity index is 1430. The van der Waals surface area contributed by atoms with Gasteiger partial charge in [-0.3, -0.25) is 14.0 Å². The molecule has 1 saturated carbocycles. The summed E-state index contributed by atoms with van der Waals surface area (Å²) in [7, 11) is -2.98. The number of aryl methyl sites for hydroxylation is 1. The van der Waals surface area contributed by atoms with Crippen molar-refractivity contribution >= 4 is 44.5 Å². The normalized spacial score (nSPS) is 22.3. The lowest BCUT2D eigenvalue weighted by Gasteiger charge is -2.25. The molecule has 11 heteroatoms. The average Bonchev–Trinajstić information content (AvgIpc) is 3.48. The van der Waals surface area contributed by atoms with Crippen molar-refractivity contribution < 1.29 is 17.9 Å². The Labute approximate surface area is 214 Å². The van der Waals surface area contributed by atoms with E-state index in [9.17, 15) is 9.00 Å². The fraction of sp³-hybridized carbons (Fsp3) is 0.360. The summed E-state index contributed by atoms with van der Waals surface area (Å²) in [6.07, 6.45) is 7.43. The van der Waals surface area contributed by atoms with Gasteiger partial charge in [0.05, 0.1) is 29.3 Å². The highest BCUT2D eigenvalue weighted by Crippen LogP contribution is 2.37. The molecule has 3 atom stereocenters. The molecule has 0 bridgehead atoms. The molecular formula is C25H27N5O4S2. The van der Waals surface area contributed by atoms with Crippen molar-refractivity contribution in [3.63, 3.8) is 0 Å². The summed E-state index contributed by atoms with van der Waals surface area (Å²) >= 11 is 1.42. The maximum absolute atomic E-state index is 13.5. The number of fused-ring (bicyclic) bond motifs is 1. The van der Waals surface area contributed by atoms with Crippen LogP contribution in [0, 0.1) is 12.8 Å². The summed E-state index contributed by atoms with van der Waals surface area (Å²) in [6, 6.07) is 5.91. The van der Waals surface area contributed by atoms with Gasteiger partial charge >= 0.3 is 0 Å². The fourth-order valence-corrected chi connectivity index (χ4v) is 6.01. The van der Waals surface area contributed by atoms with E-state index >= 15 is 0 Å². The van der Waals surface area contributed by atoms with Gasteiger partial charge in [0.1, 0.15) is 22.4 Å². The minimum absolute atomic E-state index is 0.144. The third-order valence-corrected chi connectivity index (χ3v) is 7.96. The molecule has 2 N–H and O–H groups in total. The van der Waals surface area contributed by atoms with Crippen LogP contribution in [0.15, 0.2) is 41.9 Å². The number of ketones is 1. The van der Waals surface area contributed by atoms with Crippen LogP contribution in [0.5, 0.6) is 0 Å². The van der Waals surface area contributed by atoms with E-state index in [1.165, 1.54) is 29.4 Å². The molecule has 1 aliphatic heterocycles. The zero-order valence-electron chi connectivity index (χ0n) is 19.9. The summed E-state index contributed by atoms with van der Waals surface area (Å²) in [6.45, 7) is 2.86. The lowest BCUT2D eigenvalue weighted by Crippen LogP contribution is -2.19. The van der Waals surface area contributed by atoms with E-state index in [0.717, 1.165) is 41.1 Å². The minimum Gasteiger partial charge on any atom is -0.367 e. The maximum Gasteiger partial charge on any atom is 0.208 e. The van der Waals surface area contributed by atoms with E-state index in [0.29, 0.717) is 29.3 Å². The Kier molecular flexibility index (Phi) is 7.09. The van der Waals surface area contributed by atoms with Crippen molar-refractivity contribution in [2.75, 3.05) is 13.2 Å². The van der Waals surface area contributed by atoms with Crippen LogP contribution >= 0.6 is 11.3 Å². The van der Waals surface area contributed by atoms with E-state index in [1.54, 1.807) is 6.20 Å². The van der Waals surface area contributed by atoms with Gasteiger partial charge in [-0.05, 0) is 62.1 Å². The number of hydrogen-bond donors (Lipinski definition) is 1. The average molecular weight is 526 g/mol. The summed E-state index contributed by atoms with van der Waals surface area (Å²) in [5.74, 6) is 3.63. The minimum atomic E-state index is -2.98. The third-order valence-electron chi connectivity index (χ3n) is 6.36. The maximum atomic E-state index is 13.5. The molecule has 2 aliphatic rings. The lowest BCUT2D eigenvalue weighted by atomic mass is 9.98. The van der Waals surface area contributed by atoms with E-state index in [4.69, 9.17) is 14.1 Å². The molecule has 4 heterocycles. The Hall–Kier alpha value is -2.83. The number of carbonyl (C=O) groups is 1. The quantitative estimate of drug-likeness (QED) is 0.369. The van der Waals surface area contributed by atoms with Gasteiger partial charge in [-0.15, -0.1) is 11.3 Å². The monoisotopic (exact) mass is 525 g/mol. The van der Waals surface area contributed by atoms with Gasteiger partial charge in [-0.25, -0.2) is 24.3 Å². The van der Waals surface area contributed by atoms with Gasteiger partial charge in [0.15, 0.2) is 5.82 Å². The molecule has 0 amide bonds. The summed E-state index contributed by atoms with van der Waals surface area (Å²) in [5, 5.41) is 5.36. The first kappa shape index (κ1) is 24.8. The highest BCUT2D eigenvalue weighted by Gasteiger charge is 2.29. The molecule has 3 aromatic rings. The first-order valence-electron chi connectivity index (χ1n) is 11.6. The highest BCUT2D eigenvalue weighted by molar-refractivity contribution is 7.93. The standard InChI is InChI=1S/C25H27N5O4S2/c1-15-19(24-22-17(7-9-33-24)4-3-8-28-22)11-21(35-15)23(31)20-12-27-14-29-25(20)30-18-6-5-16(10-18)13-34-36(2,26)32/h3-4,8,11-12,14,16,24H,2,5-7,9-10,13H2,1H3,(H2,26,32)/t16-,24?,36?/m1/s1. The summed E-state index contributed by atoms with van der Waals surface area (Å²) in [4.78, 5) is 32.7. The Balaban J connectivity index is 1.38. The molecule has 0 saturated heterocycles. The second-order valence-electron chi connectivity index (χ2n) is 8.99. The smallest absolute Gasteiger partial charge is 0.208 e. The third kappa shape index (κ3) is 5.45. The van der Waals surface area contributed by atoms with Crippen LogP contribution in [0.25, 0.3) is 0 Å². The number of nitrogens with zero attached hydrogens (tertiary/aromatic N) is 4. The topological polar surface area (TPSA) is 130 Å². The second kappa shape index (κ2) is 10.3. The number of nitrogens with two attached hydrogens (primary N) is 1. The number of carbonyl (C=O) groups excluding carboxylic acids is 1. The predicted molar refractivity (Wildman–Crippen MR) is 140 cm³/mol. The molecule has 2 unspecified atom stereocenters. The fourth-order valence-electron chi connectivity index (χ4n) is 4.59. The molecule has 0 aromatic carbocycles. The molecular weight excluding hydrogens is 498 g/mol. The van der Waals surface area contributed by atoms with Gasteiger partial charge in [0.25, 0.3) is 0 Å². The van der Waals surface area contributed by atoms with E-state index in [-0.39, 0.29) is 24.4 Å². The summed E-state index contributed by atoms with van der Waals surface area (Å²) < 4.78 is 22.8. The number of thiophene rings is 1. The number of pyridine rings is 1. The van der Waals surface area contributed by atoms with E-state index in [1.807, 2.05) is 19.1 Å². The van der Waals surface area contributed by atoms with Crippen molar-refractivity contribution in [2.45, 2.75) is 38.7 Å². The molecule has 0 radical (unpaired) electrons. The molecule has 9 nitrogen and oxygen atoms in total. The molecule has 1 aliphatic carbocycles. The van der Waals surface area contributed by atoms with Crippen LogP contribution in [0.1, 0.15) is 62.3 Å². The van der Waals surface area contributed by atoms with Crippen molar-refractivity contribution in [2.24, 2.45) is 16.0 Å². The van der Waals surface area contributed by atoms with Crippen LogP contribution in [-0.4, -0.2) is 49.7 Å². The predicted octanol–water partition coefficient (Wildman–Crippen LogP) is 3.53. The first-order chi connectivity index (χ1) is 17.3. The van der Waals surface area contributed by atoms with Crippen LogP contribution in [0.3, 0.4) is 0 Å². The molecule has 36 heavy (non-hydrogen) atoms. The van der Waals surface area contributed by atoms with Gasteiger partial charge in [0.2, 0.25) is 5.78 Å². The van der Waals surface area contributed by atoms with Gasteiger partial charge in [-0.2, -0.15) is 0 Å². The number of rotatable bonds is 7. The Morgan fingerprint density at radius 2 is 2.25 bits per heavy atom. The zero-order valence-corrected chi connectivity index (χ0v) is 21.5. The van der Waals surface area contributed by atoms with Crippen LogP contribution in [0.4, 0.5) is 5.82 Å². The van der Waals surface area contributed by atoms with Gasteiger partial charge < -0.3 is 4.74 Å². The van der Waals surface area contributed by atoms with E-state index in [2.05, 4.69) is 31.9 Å². The second-order valence-corrected chi connectivity index (χ2v) is 11.8. The first-order valence-corrected chi connectivity index (χ1v) is 14.2. The van der Waals surface area contributed by atoms with Crippen molar-refractivity contribution in [3.8, 4) is 0 Å². The lowest BCUT2D eigenvalue weighted by molar-refractivity contribution is 0.0663. The molecule has 188 valence electrons. The van der Waals surface area contributed by atoms with Crippen LogP contribution in [0.2, 0.25) is 0 Å². The number of aromatic nitrogens is 3. The van der Waals surface area contributed by atoms with Crippen molar-refractivity contribution in [1.82, 2.24) is 15.0 Å². The van der Waals surface area contributed by atoms with Crippen molar-refractivity contribution in [1.29, 1.82) is 0 Å². The van der Waals surface area contributed by atoms with Crippen LogP contribution in [-0.2, 0) is 25.3 Å². The molecule has 5 rings (SSSR count). The number of aliphatic imine (C=N–C) groups is 1. The van der Waals surface area contributed by atoms with E-state index < -0.39 is 9.99 Å². The molecule has 0 spiro atoms. The largest absolute Gasteiger partial charge is 0.367 e. The van der Waals surface area contributed by atoms with Gasteiger partial charge in [-0.1, -0.05) is 6.07 Å². The SMILES string of the molecule is C=S(N)(=O)OC[C@@H]1CCC(=Nc2ncncc2C(=O)c2cc(C3OCCc4cccnc43)c(C)s2)C1.